The largest absolute Gasteiger partial charge is 0.492 e. The molecule has 0 aliphatic rings. The van der Waals surface area contributed by atoms with E-state index in [1.54, 1.807) is 36.4 Å². The molecule has 2 rings (SSSR count). The van der Waals surface area contributed by atoms with Crippen LogP contribution in [0.2, 0.25) is 10.0 Å². The molecule has 14 heteroatoms. The molecule has 6 N–H and O–H groups in total. The lowest BCUT2D eigenvalue weighted by atomic mass is 10.0. The van der Waals surface area contributed by atoms with Gasteiger partial charge in [0, 0.05) is 24.2 Å². The molecule has 0 bridgehead atoms. The van der Waals surface area contributed by atoms with E-state index in [2.05, 4.69) is 10.6 Å². The van der Waals surface area contributed by atoms with Crippen LogP contribution in [-0.4, -0.2) is 82.7 Å². The third-order valence-corrected chi connectivity index (χ3v) is 6.09. The number of aliphatic carboxylic acids is 2. The van der Waals surface area contributed by atoms with Crippen molar-refractivity contribution in [3.63, 3.8) is 0 Å². The summed E-state index contributed by atoms with van der Waals surface area (Å²) < 4.78 is 11.5. The highest BCUT2D eigenvalue weighted by atomic mass is 35.5. The molecule has 0 saturated heterocycles. The van der Waals surface area contributed by atoms with Crippen LogP contribution in [0.1, 0.15) is 25.7 Å². The zero-order valence-electron chi connectivity index (χ0n) is 21.3. The van der Waals surface area contributed by atoms with Crippen molar-refractivity contribution < 1.29 is 49.1 Å². The zero-order valence-corrected chi connectivity index (χ0v) is 22.8. The number of amides is 2. The lowest BCUT2D eigenvalue weighted by Crippen LogP contribution is -2.36. The molecule has 0 saturated carbocycles. The van der Waals surface area contributed by atoms with Gasteiger partial charge in [-0.1, -0.05) is 47.5 Å². The molecule has 12 nitrogen and oxygen atoms in total. The normalized spacial score (nSPS) is 12.2. The first-order chi connectivity index (χ1) is 19.0. The minimum atomic E-state index is -1.63. The molecule has 0 spiro atoms. The van der Waals surface area contributed by atoms with Gasteiger partial charge in [0.1, 0.15) is 23.7 Å². The number of hydrogen-bond acceptors (Lipinski definition) is 8. The van der Waals surface area contributed by atoms with Crippen molar-refractivity contribution in [1.82, 2.24) is 10.6 Å². The van der Waals surface area contributed by atoms with Crippen LogP contribution in [0.15, 0.2) is 36.4 Å². The minimum Gasteiger partial charge on any atom is -0.492 e. The quantitative estimate of drug-likeness (QED) is 0.146. The molecule has 2 amide bonds. The molecule has 0 aliphatic heterocycles. The van der Waals surface area contributed by atoms with E-state index in [-0.39, 0.29) is 26.3 Å². The highest BCUT2D eigenvalue weighted by molar-refractivity contribution is 6.38. The van der Waals surface area contributed by atoms with Crippen LogP contribution in [0.4, 0.5) is 0 Å². The van der Waals surface area contributed by atoms with Crippen molar-refractivity contribution in [2.24, 2.45) is 0 Å². The van der Waals surface area contributed by atoms with Gasteiger partial charge < -0.3 is 40.5 Å². The summed E-state index contributed by atoms with van der Waals surface area (Å²) in [7, 11) is 0. The Morgan fingerprint density at radius 3 is 1.43 bits per heavy atom. The molecule has 40 heavy (non-hydrogen) atoms. The number of carbonyl (C=O) groups is 4. The molecule has 2 atom stereocenters. The van der Waals surface area contributed by atoms with Crippen molar-refractivity contribution in [3.8, 4) is 22.6 Å². The van der Waals surface area contributed by atoms with E-state index >= 15 is 0 Å². The number of ether oxygens (including phenoxy) is 2. The Morgan fingerprint density at radius 1 is 0.700 bits per heavy atom. The van der Waals surface area contributed by atoms with E-state index < -0.39 is 48.8 Å². The standard InChI is InChI=1S/C26H30Cl2N2O10/c27-23-15(5-1-7-19(23)39-11-3-9-29-25(37)17(31)13-21(33)34)16-6-2-8-20(24(16)28)40-12-4-10-30-26(38)18(32)14-22(35)36/h1-2,5-8,17-18,31-32H,3-4,9-14H2,(H,29,37)(H,30,38)(H,33,34)(H,35,36). The molecule has 218 valence electrons. The van der Waals surface area contributed by atoms with Gasteiger partial charge in [0.2, 0.25) is 11.8 Å². The number of nitrogens with one attached hydrogen (secondary N) is 2. The number of aliphatic hydroxyl groups excluding tert-OH is 2. The predicted octanol–water partition coefficient (Wildman–Crippen LogP) is 2.10. The topological polar surface area (TPSA) is 192 Å². The molecule has 0 aromatic heterocycles. The second-order valence-electron chi connectivity index (χ2n) is 8.45. The lowest BCUT2D eigenvalue weighted by Gasteiger charge is -2.15. The average Bonchev–Trinajstić information content (AvgIpc) is 2.89. The molecule has 0 aliphatic carbocycles. The Morgan fingerprint density at radius 2 is 1.07 bits per heavy atom. The van der Waals surface area contributed by atoms with Gasteiger partial charge in [-0.3, -0.25) is 19.2 Å². The highest BCUT2D eigenvalue weighted by Crippen LogP contribution is 2.41. The lowest BCUT2D eigenvalue weighted by molar-refractivity contribution is -0.144. The minimum absolute atomic E-state index is 0.157. The molecular weight excluding hydrogens is 571 g/mol. The van der Waals surface area contributed by atoms with Gasteiger partial charge in [-0.15, -0.1) is 0 Å². The summed E-state index contributed by atoms with van der Waals surface area (Å²) >= 11 is 13.1. The number of carbonyl (C=O) groups excluding carboxylic acids is 2. The van der Waals surface area contributed by atoms with Crippen LogP contribution in [0.5, 0.6) is 11.5 Å². The molecule has 0 heterocycles. The van der Waals surface area contributed by atoms with E-state index in [0.29, 0.717) is 45.5 Å². The van der Waals surface area contributed by atoms with Gasteiger partial charge in [0.05, 0.1) is 36.1 Å². The summed E-state index contributed by atoms with van der Waals surface area (Å²) in [5, 5.41) is 41.6. The van der Waals surface area contributed by atoms with Gasteiger partial charge >= 0.3 is 11.9 Å². The maximum absolute atomic E-state index is 11.7. The van der Waals surface area contributed by atoms with Gasteiger partial charge in [-0.05, 0) is 25.0 Å². The second kappa shape index (κ2) is 16.5. The first kappa shape index (κ1) is 32.6. The van der Waals surface area contributed by atoms with E-state index in [0.717, 1.165) is 0 Å². The van der Waals surface area contributed by atoms with Gasteiger partial charge in [-0.2, -0.15) is 0 Å². The van der Waals surface area contributed by atoms with Crippen LogP contribution < -0.4 is 20.1 Å². The monoisotopic (exact) mass is 600 g/mol. The average molecular weight is 601 g/mol. The number of aliphatic hydroxyl groups is 2. The van der Waals surface area contributed by atoms with Crippen molar-refractivity contribution >= 4 is 47.0 Å². The van der Waals surface area contributed by atoms with E-state index in [4.69, 9.17) is 42.9 Å². The highest BCUT2D eigenvalue weighted by Gasteiger charge is 2.19. The SMILES string of the molecule is O=C(O)CC(O)C(=O)NCCCOc1cccc(-c2cccc(OCCCNC(=O)C(O)CC(=O)O)c2Cl)c1Cl. The first-order valence-corrected chi connectivity index (χ1v) is 12.9. The summed E-state index contributed by atoms with van der Waals surface area (Å²) in [5.41, 5.74) is 1.17. The number of carboxylic acids is 2. The first-order valence-electron chi connectivity index (χ1n) is 12.2. The van der Waals surface area contributed by atoms with Crippen LogP contribution in [0, 0.1) is 0 Å². The Kier molecular flexibility index (Phi) is 13.5. The van der Waals surface area contributed by atoms with Crippen molar-refractivity contribution in [3.05, 3.63) is 46.4 Å². The van der Waals surface area contributed by atoms with E-state index in [1.165, 1.54) is 0 Å². The number of rotatable bonds is 17. The number of halogens is 2. The summed E-state index contributed by atoms with van der Waals surface area (Å²) in [4.78, 5) is 44.4. The molecule has 2 aromatic carbocycles. The van der Waals surface area contributed by atoms with Crippen molar-refractivity contribution in [1.29, 1.82) is 0 Å². The van der Waals surface area contributed by atoms with Crippen LogP contribution in [-0.2, 0) is 19.2 Å². The maximum atomic E-state index is 11.7. The van der Waals surface area contributed by atoms with Crippen LogP contribution in [0.3, 0.4) is 0 Å². The number of benzene rings is 2. The second-order valence-corrected chi connectivity index (χ2v) is 9.20. The number of carboxylic acid groups (broad SMARTS) is 2. The maximum Gasteiger partial charge on any atom is 0.306 e. The Bertz CT molecular complexity index is 1100. The number of hydrogen-bond donors (Lipinski definition) is 6. The fourth-order valence-corrected chi connectivity index (χ4v) is 3.91. The van der Waals surface area contributed by atoms with E-state index in [1.807, 2.05) is 0 Å². The third kappa shape index (κ3) is 10.5. The fourth-order valence-electron chi connectivity index (χ4n) is 3.34. The molecule has 2 unspecified atom stereocenters. The smallest absolute Gasteiger partial charge is 0.306 e. The van der Waals surface area contributed by atoms with Crippen LogP contribution in [0.25, 0.3) is 11.1 Å². The van der Waals surface area contributed by atoms with Gasteiger partial charge in [-0.25, -0.2) is 0 Å². The molecular formula is C26H30Cl2N2O10. The molecule has 2 aromatic rings. The predicted molar refractivity (Wildman–Crippen MR) is 145 cm³/mol. The molecule has 0 fully saturated rings. The van der Waals surface area contributed by atoms with E-state index in [9.17, 15) is 29.4 Å². The Balaban J connectivity index is 1.89. The summed E-state index contributed by atoms with van der Waals surface area (Å²) in [6.45, 7) is 0.674. The Hall–Kier alpha value is -3.58. The van der Waals surface area contributed by atoms with Crippen molar-refractivity contribution in [2.45, 2.75) is 37.9 Å². The molecule has 0 radical (unpaired) electrons. The summed E-state index contributed by atoms with van der Waals surface area (Å²) in [6, 6.07) is 10.3. The fraction of sp³-hybridized carbons (Fsp3) is 0.385. The van der Waals surface area contributed by atoms with Crippen LogP contribution >= 0.6 is 23.2 Å². The van der Waals surface area contributed by atoms with Gasteiger partial charge in [0.25, 0.3) is 0 Å². The summed E-state index contributed by atoms with van der Waals surface area (Å²) in [6.07, 6.45) is -3.87. The van der Waals surface area contributed by atoms with Gasteiger partial charge in [0.15, 0.2) is 0 Å². The van der Waals surface area contributed by atoms with Crippen molar-refractivity contribution in [2.75, 3.05) is 26.3 Å². The third-order valence-electron chi connectivity index (χ3n) is 5.31. The zero-order chi connectivity index (χ0) is 29.7. The summed E-state index contributed by atoms with van der Waals surface area (Å²) in [5.74, 6) is -3.37. The Labute approximate surface area is 239 Å².